The van der Waals surface area contributed by atoms with Crippen LogP contribution in [-0.4, -0.2) is 33.5 Å². The monoisotopic (exact) mass is 245 g/mol. The minimum Gasteiger partial charge on any atom is -0.398 e. The van der Waals surface area contributed by atoms with Crippen molar-refractivity contribution >= 4 is 23.6 Å². The number of aromatic amines is 1. The minimum atomic E-state index is -0.422. The van der Waals surface area contributed by atoms with Gasteiger partial charge in [-0.2, -0.15) is 5.10 Å². The third-order valence-electron chi connectivity index (χ3n) is 3.84. The maximum absolute atomic E-state index is 5.96. The van der Waals surface area contributed by atoms with Gasteiger partial charge < -0.3 is 9.31 Å². The fourth-order valence-corrected chi connectivity index (χ4v) is 1.95. The molecule has 6 heteroatoms. The SMILES string of the molecule is CC1(C)OB(c2cc3cn[nH]c3cn2)OC1(C)C. The van der Waals surface area contributed by atoms with Crippen LogP contribution in [0.3, 0.4) is 0 Å². The van der Waals surface area contributed by atoms with E-state index in [1.807, 2.05) is 33.8 Å². The number of fused-ring (bicyclic) bond motifs is 1. The first-order chi connectivity index (χ1) is 8.39. The highest BCUT2D eigenvalue weighted by molar-refractivity contribution is 6.61. The normalized spacial score (nSPS) is 21.7. The zero-order valence-electron chi connectivity index (χ0n) is 11.0. The zero-order chi connectivity index (χ0) is 13.0. The number of hydrogen-bond donors (Lipinski definition) is 1. The highest BCUT2D eigenvalue weighted by Gasteiger charge is 2.52. The van der Waals surface area contributed by atoms with E-state index in [4.69, 9.17) is 9.31 Å². The summed E-state index contributed by atoms with van der Waals surface area (Å²) >= 11 is 0. The smallest absolute Gasteiger partial charge is 0.398 e. The van der Waals surface area contributed by atoms with Gasteiger partial charge in [0.2, 0.25) is 0 Å². The van der Waals surface area contributed by atoms with Crippen molar-refractivity contribution in [2.24, 2.45) is 0 Å². The van der Waals surface area contributed by atoms with Crippen LogP contribution in [0, 0.1) is 0 Å². The van der Waals surface area contributed by atoms with Crippen molar-refractivity contribution in [3.63, 3.8) is 0 Å². The molecule has 0 saturated carbocycles. The Morgan fingerprint density at radius 1 is 1.11 bits per heavy atom. The average molecular weight is 245 g/mol. The van der Waals surface area contributed by atoms with Crippen LogP contribution in [0.5, 0.6) is 0 Å². The Morgan fingerprint density at radius 2 is 1.78 bits per heavy atom. The van der Waals surface area contributed by atoms with Crippen LogP contribution in [-0.2, 0) is 9.31 Å². The highest BCUT2D eigenvalue weighted by atomic mass is 16.7. The summed E-state index contributed by atoms with van der Waals surface area (Å²) in [5.41, 5.74) is 1.01. The molecule has 1 aliphatic rings. The third kappa shape index (κ3) is 1.64. The topological polar surface area (TPSA) is 60.0 Å². The molecule has 1 fully saturated rings. The van der Waals surface area contributed by atoms with Gasteiger partial charge in [-0.1, -0.05) is 0 Å². The third-order valence-corrected chi connectivity index (χ3v) is 3.84. The Hall–Kier alpha value is -1.40. The molecule has 1 aliphatic heterocycles. The van der Waals surface area contributed by atoms with Gasteiger partial charge in [-0.15, -0.1) is 0 Å². The van der Waals surface area contributed by atoms with Crippen molar-refractivity contribution in [3.8, 4) is 0 Å². The fraction of sp³-hybridized carbons (Fsp3) is 0.500. The first-order valence-corrected chi connectivity index (χ1v) is 6.04. The summed E-state index contributed by atoms with van der Waals surface area (Å²) in [5, 5.41) is 7.86. The van der Waals surface area contributed by atoms with E-state index in [0.717, 1.165) is 16.5 Å². The number of nitrogens with zero attached hydrogens (tertiary/aromatic N) is 2. The predicted molar refractivity (Wildman–Crippen MR) is 69.6 cm³/mol. The molecule has 2 aromatic rings. The zero-order valence-corrected chi connectivity index (χ0v) is 11.0. The van der Waals surface area contributed by atoms with Crippen molar-refractivity contribution in [1.29, 1.82) is 0 Å². The van der Waals surface area contributed by atoms with Gasteiger partial charge in [0.25, 0.3) is 0 Å². The molecule has 1 saturated heterocycles. The van der Waals surface area contributed by atoms with E-state index < -0.39 is 7.12 Å². The van der Waals surface area contributed by atoms with E-state index >= 15 is 0 Å². The number of aromatic nitrogens is 3. The summed E-state index contributed by atoms with van der Waals surface area (Å²) in [5.74, 6) is 0. The Bertz CT molecular complexity index is 578. The van der Waals surface area contributed by atoms with Crippen molar-refractivity contribution in [2.75, 3.05) is 0 Å². The molecule has 0 bridgehead atoms. The predicted octanol–water partition coefficient (Wildman–Crippen LogP) is 1.26. The van der Waals surface area contributed by atoms with E-state index in [2.05, 4.69) is 15.2 Å². The van der Waals surface area contributed by atoms with E-state index in [9.17, 15) is 0 Å². The molecule has 18 heavy (non-hydrogen) atoms. The summed E-state index contributed by atoms with van der Waals surface area (Å²) in [6.07, 6.45) is 3.52. The maximum Gasteiger partial charge on any atom is 0.514 e. The van der Waals surface area contributed by atoms with Gasteiger partial charge in [0.1, 0.15) is 0 Å². The molecule has 1 N–H and O–H groups in total. The molecule has 0 aliphatic carbocycles. The van der Waals surface area contributed by atoms with Gasteiger partial charge in [-0.05, 0) is 33.8 Å². The molecule has 3 heterocycles. The summed E-state index contributed by atoms with van der Waals surface area (Å²) in [6, 6.07) is 1.95. The molecule has 5 nitrogen and oxygen atoms in total. The first kappa shape index (κ1) is 11.7. The van der Waals surface area contributed by atoms with Crippen LogP contribution in [0.2, 0.25) is 0 Å². The summed E-state index contributed by atoms with van der Waals surface area (Å²) < 4.78 is 11.9. The largest absolute Gasteiger partial charge is 0.514 e. The van der Waals surface area contributed by atoms with E-state index in [1.165, 1.54) is 0 Å². The first-order valence-electron chi connectivity index (χ1n) is 6.04. The second kappa shape index (κ2) is 3.55. The molecule has 0 amide bonds. The van der Waals surface area contributed by atoms with Crippen LogP contribution >= 0.6 is 0 Å². The fourth-order valence-electron chi connectivity index (χ4n) is 1.95. The van der Waals surface area contributed by atoms with Crippen molar-refractivity contribution in [1.82, 2.24) is 15.2 Å². The second-order valence-corrected chi connectivity index (χ2v) is 5.65. The highest BCUT2D eigenvalue weighted by Crippen LogP contribution is 2.36. The average Bonchev–Trinajstić information content (AvgIpc) is 2.80. The summed E-state index contributed by atoms with van der Waals surface area (Å²) in [4.78, 5) is 4.37. The number of pyridine rings is 1. The standard InChI is InChI=1S/C12H16BN3O2/c1-11(2)12(3,4)18-13(17-11)10-5-8-6-15-16-9(8)7-14-10/h5-7H,1-4H3,(H,15,16). The Morgan fingerprint density at radius 3 is 2.44 bits per heavy atom. The van der Waals surface area contributed by atoms with Gasteiger partial charge in [-0.25, -0.2) is 0 Å². The van der Waals surface area contributed by atoms with Gasteiger partial charge in [-0.3, -0.25) is 10.1 Å². The van der Waals surface area contributed by atoms with Crippen molar-refractivity contribution in [3.05, 3.63) is 18.5 Å². The van der Waals surface area contributed by atoms with E-state index in [-0.39, 0.29) is 11.2 Å². The second-order valence-electron chi connectivity index (χ2n) is 5.65. The quantitative estimate of drug-likeness (QED) is 0.768. The van der Waals surface area contributed by atoms with E-state index in [1.54, 1.807) is 12.4 Å². The van der Waals surface area contributed by atoms with Crippen LogP contribution in [0.4, 0.5) is 0 Å². The Balaban J connectivity index is 1.96. The van der Waals surface area contributed by atoms with Gasteiger partial charge >= 0.3 is 7.12 Å². The van der Waals surface area contributed by atoms with Crippen LogP contribution < -0.4 is 5.59 Å². The molecule has 0 spiro atoms. The Kier molecular flexibility index (Phi) is 2.31. The van der Waals surface area contributed by atoms with Crippen LogP contribution in [0.15, 0.2) is 18.5 Å². The van der Waals surface area contributed by atoms with Crippen molar-refractivity contribution < 1.29 is 9.31 Å². The molecule has 2 aromatic heterocycles. The van der Waals surface area contributed by atoms with Gasteiger partial charge in [0, 0.05) is 5.39 Å². The maximum atomic E-state index is 5.96. The molecule has 94 valence electrons. The molecular formula is C12H16BN3O2. The molecule has 0 radical (unpaired) electrons. The molecular weight excluding hydrogens is 229 g/mol. The molecule has 0 aromatic carbocycles. The number of nitrogens with one attached hydrogen (secondary N) is 1. The summed E-state index contributed by atoms with van der Waals surface area (Å²) in [6.45, 7) is 8.12. The lowest BCUT2D eigenvalue weighted by atomic mass is 9.84. The number of H-pyrrole nitrogens is 1. The number of hydrogen-bond acceptors (Lipinski definition) is 4. The lowest BCUT2D eigenvalue weighted by Gasteiger charge is -2.32. The Labute approximate surface area is 106 Å². The minimum absolute atomic E-state index is 0.343. The van der Waals surface area contributed by atoms with Crippen molar-refractivity contribution in [2.45, 2.75) is 38.9 Å². The lowest BCUT2D eigenvalue weighted by Crippen LogP contribution is -2.41. The molecule has 0 atom stereocenters. The molecule has 0 unspecified atom stereocenters. The van der Waals surface area contributed by atoms with E-state index in [0.29, 0.717) is 0 Å². The van der Waals surface area contributed by atoms with Crippen LogP contribution in [0.1, 0.15) is 27.7 Å². The number of rotatable bonds is 1. The van der Waals surface area contributed by atoms with Gasteiger partial charge in [0.05, 0.1) is 34.7 Å². The lowest BCUT2D eigenvalue weighted by molar-refractivity contribution is 0.00578. The molecule has 3 rings (SSSR count). The van der Waals surface area contributed by atoms with Crippen LogP contribution in [0.25, 0.3) is 10.9 Å². The van der Waals surface area contributed by atoms with Gasteiger partial charge in [0.15, 0.2) is 0 Å². The summed E-state index contributed by atoms with van der Waals surface area (Å²) in [7, 11) is -0.422.